The zero-order valence-electron chi connectivity index (χ0n) is 20.8. The number of allylic oxidation sites excluding steroid dienone is 2. The van der Waals surface area contributed by atoms with Crippen molar-refractivity contribution in [2.75, 3.05) is 13.7 Å². The molecule has 2 aromatic rings. The van der Waals surface area contributed by atoms with Gasteiger partial charge in [-0.05, 0) is 80.6 Å². The number of carbonyl (C=O) groups is 1. The van der Waals surface area contributed by atoms with Crippen LogP contribution in [0, 0.1) is 0 Å². The predicted molar refractivity (Wildman–Crippen MR) is 138 cm³/mol. The summed E-state index contributed by atoms with van der Waals surface area (Å²) in [6.07, 6.45) is 12.9. The Balaban J connectivity index is 1.88. The molecule has 0 aliphatic heterocycles. The van der Waals surface area contributed by atoms with E-state index in [1.165, 1.54) is 18.4 Å². The van der Waals surface area contributed by atoms with E-state index in [2.05, 4.69) is 25.1 Å². The molecule has 3 rings (SSSR count). The summed E-state index contributed by atoms with van der Waals surface area (Å²) < 4.78 is 11.7. The van der Waals surface area contributed by atoms with Gasteiger partial charge in [-0.2, -0.15) is 0 Å². The van der Waals surface area contributed by atoms with Crippen molar-refractivity contribution >= 4 is 5.78 Å². The molecule has 4 heteroatoms. The van der Waals surface area contributed by atoms with E-state index < -0.39 is 0 Å². The summed E-state index contributed by atoms with van der Waals surface area (Å²) >= 11 is 0. The first kappa shape index (κ1) is 26.0. The Hall–Kier alpha value is -2.59. The fourth-order valence-electron chi connectivity index (χ4n) is 4.68. The molecule has 2 aromatic carbocycles. The molecule has 1 aliphatic carbocycles. The molecule has 184 valence electrons. The third-order valence-corrected chi connectivity index (χ3v) is 6.61. The van der Waals surface area contributed by atoms with Gasteiger partial charge in [0.25, 0.3) is 0 Å². The average Bonchev–Trinajstić information content (AvgIpc) is 3.36. The normalized spacial score (nSPS) is 15.1. The lowest BCUT2D eigenvalue weighted by Crippen LogP contribution is -2.13. The summed E-state index contributed by atoms with van der Waals surface area (Å²) in [5, 5.41) is 11.3. The molecule has 0 aromatic heterocycles. The first-order valence-corrected chi connectivity index (χ1v) is 12.8. The Morgan fingerprint density at radius 3 is 2.62 bits per heavy atom. The van der Waals surface area contributed by atoms with Crippen molar-refractivity contribution in [3.05, 3.63) is 71.3 Å². The first-order chi connectivity index (χ1) is 16.6. The van der Waals surface area contributed by atoms with Crippen LogP contribution < -0.4 is 4.74 Å². The standard InChI is InChI=1S/C30H40O4/c1-3-4-6-13-26(31)17-16-24-21-28(30(32)29(22-24)34-27-14-9-10-15-27)25(18-19-33-2)20-23-11-7-5-8-12-23/h5-8,11-13,21-22,25,27,32H,3-4,9-10,14-20H2,1-2H3/t25-/m1/s1. The van der Waals surface area contributed by atoms with E-state index in [9.17, 15) is 9.90 Å². The molecule has 1 N–H and O–H groups in total. The minimum atomic E-state index is 0.0911. The van der Waals surface area contributed by atoms with Gasteiger partial charge in [-0.3, -0.25) is 4.79 Å². The van der Waals surface area contributed by atoms with Crippen LogP contribution in [0.2, 0.25) is 0 Å². The molecule has 0 spiro atoms. The second-order valence-corrected chi connectivity index (χ2v) is 9.38. The van der Waals surface area contributed by atoms with Crippen LogP contribution in [-0.2, 0) is 22.4 Å². The number of hydrogen-bond acceptors (Lipinski definition) is 4. The van der Waals surface area contributed by atoms with Gasteiger partial charge in [-0.15, -0.1) is 0 Å². The van der Waals surface area contributed by atoms with Crippen LogP contribution >= 0.6 is 0 Å². The van der Waals surface area contributed by atoms with Gasteiger partial charge in [0.05, 0.1) is 6.10 Å². The van der Waals surface area contributed by atoms with E-state index in [0.717, 1.165) is 49.7 Å². The summed E-state index contributed by atoms with van der Waals surface area (Å²) in [5.41, 5.74) is 3.15. The highest BCUT2D eigenvalue weighted by Gasteiger charge is 2.24. The van der Waals surface area contributed by atoms with Gasteiger partial charge in [0.15, 0.2) is 17.3 Å². The Morgan fingerprint density at radius 1 is 1.15 bits per heavy atom. The van der Waals surface area contributed by atoms with E-state index in [1.54, 1.807) is 13.2 Å². The maximum atomic E-state index is 12.3. The number of carbonyl (C=O) groups excluding carboxylic acids is 1. The molecule has 1 aliphatic rings. The molecule has 0 amide bonds. The summed E-state index contributed by atoms with van der Waals surface area (Å²) in [5.74, 6) is 1.03. The highest BCUT2D eigenvalue weighted by Crippen LogP contribution is 2.41. The van der Waals surface area contributed by atoms with Crippen molar-refractivity contribution in [1.82, 2.24) is 0 Å². The lowest BCUT2D eigenvalue weighted by molar-refractivity contribution is -0.114. The number of ketones is 1. The van der Waals surface area contributed by atoms with Crippen LogP contribution in [0.15, 0.2) is 54.6 Å². The molecule has 0 bridgehead atoms. The number of methoxy groups -OCH3 is 1. The van der Waals surface area contributed by atoms with Gasteiger partial charge < -0.3 is 14.6 Å². The van der Waals surface area contributed by atoms with E-state index in [1.807, 2.05) is 30.3 Å². The molecule has 34 heavy (non-hydrogen) atoms. The van der Waals surface area contributed by atoms with Crippen LogP contribution in [0.25, 0.3) is 0 Å². The van der Waals surface area contributed by atoms with E-state index >= 15 is 0 Å². The van der Waals surface area contributed by atoms with Crippen LogP contribution in [0.1, 0.15) is 80.9 Å². The Labute approximate surface area is 205 Å². The highest BCUT2D eigenvalue weighted by atomic mass is 16.5. The number of benzene rings is 2. The van der Waals surface area contributed by atoms with Crippen molar-refractivity contribution in [1.29, 1.82) is 0 Å². The number of aryl methyl sites for hydroxylation is 1. The van der Waals surface area contributed by atoms with Gasteiger partial charge in [-0.1, -0.05) is 55.8 Å². The van der Waals surface area contributed by atoms with Crippen molar-refractivity contribution in [3.63, 3.8) is 0 Å². The SMILES string of the molecule is CCCC=CC(=O)CCc1cc(OC2CCCC2)c(O)c([C@H](CCOC)Cc2ccccc2)c1. The fourth-order valence-corrected chi connectivity index (χ4v) is 4.68. The molecule has 0 saturated heterocycles. The monoisotopic (exact) mass is 464 g/mol. The number of aromatic hydroxyl groups is 1. The smallest absolute Gasteiger partial charge is 0.161 e. The molecule has 0 unspecified atom stereocenters. The largest absolute Gasteiger partial charge is 0.504 e. The van der Waals surface area contributed by atoms with Gasteiger partial charge >= 0.3 is 0 Å². The van der Waals surface area contributed by atoms with Crippen molar-refractivity contribution < 1.29 is 19.4 Å². The third-order valence-electron chi connectivity index (χ3n) is 6.61. The van der Waals surface area contributed by atoms with E-state index in [-0.39, 0.29) is 23.6 Å². The van der Waals surface area contributed by atoms with Crippen LogP contribution in [0.5, 0.6) is 11.5 Å². The number of ether oxygens (including phenoxy) is 2. The minimum absolute atomic E-state index is 0.0911. The number of rotatable bonds is 14. The quantitative estimate of drug-likeness (QED) is 0.308. The maximum absolute atomic E-state index is 12.3. The lowest BCUT2D eigenvalue weighted by Gasteiger charge is -2.23. The van der Waals surface area contributed by atoms with Crippen LogP contribution in [0.4, 0.5) is 0 Å². The number of hydrogen-bond donors (Lipinski definition) is 1. The minimum Gasteiger partial charge on any atom is -0.504 e. The molecule has 1 atom stereocenters. The van der Waals surface area contributed by atoms with Gasteiger partial charge in [0.1, 0.15) is 0 Å². The molecular formula is C30H40O4. The van der Waals surface area contributed by atoms with Crippen molar-refractivity contribution in [3.8, 4) is 11.5 Å². The van der Waals surface area contributed by atoms with Gasteiger partial charge in [0, 0.05) is 25.7 Å². The van der Waals surface area contributed by atoms with Gasteiger partial charge in [0.2, 0.25) is 0 Å². The highest BCUT2D eigenvalue weighted by molar-refractivity contribution is 5.89. The summed E-state index contributed by atoms with van der Waals surface area (Å²) in [7, 11) is 1.71. The summed E-state index contributed by atoms with van der Waals surface area (Å²) in [4.78, 5) is 12.3. The van der Waals surface area contributed by atoms with Crippen molar-refractivity contribution in [2.24, 2.45) is 0 Å². The topological polar surface area (TPSA) is 55.8 Å². The molecule has 0 heterocycles. The molecule has 4 nitrogen and oxygen atoms in total. The predicted octanol–water partition coefficient (Wildman–Crippen LogP) is 6.93. The maximum Gasteiger partial charge on any atom is 0.161 e. The van der Waals surface area contributed by atoms with E-state index in [4.69, 9.17) is 9.47 Å². The Kier molecular flexibility index (Phi) is 10.7. The first-order valence-electron chi connectivity index (χ1n) is 12.8. The van der Waals surface area contributed by atoms with Crippen molar-refractivity contribution in [2.45, 2.75) is 83.2 Å². The van der Waals surface area contributed by atoms with Crippen LogP contribution in [-0.4, -0.2) is 30.7 Å². The zero-order valence-corrected chi connectivity index (χ0v) is 20.8. The number of phenolic OH excluding ortho intramolecular Hbond substituents is 1. The summed E-state index contributed by atoms with van der Waals surface area (Å²) in [6.45, 7) is 2.72. The zero-order chi connectivity index (χ0) is 24.2. The number of unbranched alkanes of at least 4 members (excludes halogenated alkanes) is 1. The van der Waals surface area contributed by atoms with E-state index in [0.29, 0.717) is 25.2 Å². The Morgan fingerprint density at radius 2 is 1.91 bits per heavy atom. The Bertz CT molecular complexity index is 913. The second-order valence-electron chi connectivity index (χ2n) is 9.38. The molecule has 1 saturated carbocycles. The second kappa shape index (κ2) is 14.0. The third kappa shape index (κ3) is 8.02. The average molecular weight is 465 g/mol. The summed E-state index contributed by atoms with van der Waals surface area (Å²) in [6, 6.07) is 14.4. The van der Waals surface area contributed by atoms with Crippen LogP contribution in [0.3, 0.4) is 0 Å². The van der Waals surface area contributed by atoms with Gasteiger partial charge in [-0.25, -0.2) is 0 Å². The molecule has 0 radical (unpaired) electrons. The molecule has 1 fully saturated rings. The number of phenols is 1. The lowest BCUT2D eigenvalue weighted by atomic mass is 9.87. The fraction of sp³-hybridized carbons (Fsp3) is 0.500. The molecular weight excluding hydrogens is 424 g/mol.